The molecule has 0 amide bonds. The molecule has 0 radical (unpaired) electrons. The first-order valence-corrected chi connectivity index (χ1v) is 10.0. The van der Waals surface area contributed by atoms with Crippen LogP contribution in [0.5, 0.6) is 0 Å². The van der Waals surface area contributed by atoms with Gasteiger partial charge in [-0.15, -0.1) is 0 Å². The molecule has 3 aliphatic heterocycles. The van der Waals surface area contributed by atoms with E-state index in [2.05, 4.69) is 26.0 Å². The average molecular weight is 344 g/mol. The topological polar surface area (TPSA) is 47.9 Å². The highest BCUT2D eigenvalue weighted by Crippen LogP contribution is 2.68. The number of allylic oxidation sites excluding steroid dienone is 3. The van der Waals surface area contributed by atoms with Crippen molar-refractivity contribution in [2.45, 2.75) is 63.9 Å². The molecule has 1 N–H and O–H groups in total. The minimum absolute atomic E-state index is 0.0312. The number of hydrogen-bond donors (Lipinski definition) is 1. The Kier molecular flexibility index (Phi) is 2.76. The minimum Gasteiger partial charge on any atom is -0.491 e. The fourth-order valence-corrected chi connectivity index (χ4v) is 7.28. The van der Waals surface area contributed by atoms with Crippen LogP contribution in [0, 0.1) is 28.6 Å². The van der Waals surface area contributed by atoms with Gasteiger partial charge in [-0.1, -0.05) is 19.1 Å². The second-order valence-corrected chi connectivity index (χ2v) is 9.68. The van der Waals surface area contributed by atoms with Crippen LogP contribution in [-0.2, 0) is 14.2 Å². The molecule has 0 aromatic rings. The van der Waals surface area contributed by atoms with E-state index in [1.165, 1.54) is 17.8 Å². The lowest BCUT2D eigenvalue weighted by Gasteiger charge is -2.53. The highest BCUT2D eigenvalue weighted by Gasteiger charge is 2.72. The number of fused-ring (bicyclic) bond motifs is 3. The van der Waals surface area contributed by atoms with Gasteiger partial charge in [0.05, 0.1) is 30.7 Å². The molecule has 0 bridgehead atoms. The molecule has 8 atom stereocenters. The minimum atomic E-state index is -0.459. The molecule has 6 rings (SSSR count). The molecule has 25 heavy (non-hydrogen) atoms. The number of ether oxygens (including phenoxy) is 3. The monoisotopic (exact) mass is 344 g/mol. The van der Waals surface area contributed by atoms with Gasteiger partial charge in [-0.25, -0.2) is 0 Å². The van der Waals surface area contributed by atoms with Crippen molar-refractivity contribution in [3.05, 3.63) is 23.5 Å². The van der Waals surface area contributed by atoms with Crippen molar-refractivity contribution >= 4 is 0 Å². The summed E-state index contributed by atoms with van der Waals surface area (Å²) in [7, 11) is 0. The molecule has 3 saturated heterocycles. The van der Waals surface area contributed by atoms with E-state index in [1.54, 1.807) is 0 Å². The van der Waals surface area contributed by atoms with Crippen molar-refractivity contribution in [3.8, 4) is 0 Å². The number of aliphatic hydroxyl groups excluding tert-OH is 1. The molecule has 4 nitrogen and oxygen atoms in total. The fraction of sp³-hybridized carbons (Fsp3) is 0.810. The normalized spacial score (nSPS) is 58.4. The number of aliphatic hydroxyl groups is 1. The summed E-state index contributed by atoms with van der Waals surface area (Å²) in [4.78, 5) is 0. The molecule has 0 unspecified atom stereocenters. The summed E-state index contributed by atoms with van der Waals surface area (Å²) in [6.07, 6.45) is 10.0. The van der Waals surface area contributed by atoms with Crippen molar-refractivity contribution < 1.29 is 19.3 Å². The molecule has 6 aliphatic rings. The van der Waals surface area contributed by atoms with Gasteiger partial charge in [0.15, 0.2) is 5.79 Å². The molecule has 1 saturated carbocycles. The number of rotatable bonds is 0. The van der Waals surface area contributed by atoms with E-state index in [4.69, 9.17) is 14.2 Å². The lowest BCUT2D eigenvalue weighted by Crippen LogP contribution is -2.47. The van der Waals surface area contributed by atoms with Crippen LogP contribution in [0.2, 0.25) is 0 Å². The Hall–Kier alpha value is -0.840. The van der Waals surface area contributed by atoms with Gasteiger partial charge >= 0.3 is 0 Å². The van der Waals surface area contributed by atoms with Crippen LogP contribution in [0.15, 0.2) is 23.5 Å². The van der Waals surface area contributed by atoms with E-state index in [-0.39, 0.29) is 23.0 Å². The van der Waals surface area contributed by atoms with Crippen LogP contribution >= 0.6 is 0 Å². The molecule has 136 valence electrons. The molecular formula is C21H28O4. The first-order chi connectivity index (χ1) is 12.0. The Morgan fingerprint density at radius 3 is 2.92 bits per heavy atom. The quantitative estimate of drug-likeness (QED) is 0.733. The van der Waals surface area contributed by atoms with Gasteiger partial charge in [0, 0.05) is 0 Å². The average Bonchev–Trinajstić information content (AvgIpc) is 3.20. The largest absolute Gasteiger partial charge is 0.491 e. The summed E-state index contributed by atoms with van der Waals surface area (Å²) in [5.41, 5.74) is 1.73. The van der Waals surface area contributed by atoms with Crippen LogP contribution in [-0.4, -0.2) is 36.3 Å². The first kappa shape index (κ1) is 15.2. The predicted molar refractivity (Wildman–Crippen MR) is 91.4 cm³/mol. The van der Waals surface area contributed by atoms with Crippen LogP contribution < -0.4 is 0 Å². The summed E-state index contributed by atoms with van der Waals surface area (Å²) in [5, 5.41) is 10.1. The Morgan fingerprint density at radius 1 is 1.16 bits per heavy atom. The standard InChI is InChI=1S/C21H28O4/c1-19-7-5-13(22)9-12(19)3-4-14-15(19)6-8-21-11-24-20(2)17(21)16(10-23-20)25-18(14)21/h3-4,12-13,15-17,22H,5-11H2,1-2H3/t12-,13+,15+,16-,17-,19+,20-,21+/m1/s1. The summed E-state index contributed by atoms with van der Waals surface area (Å²) < 4.78 is 18.7. The third-order valence-electron chi connectivity index (χ3n) is 8.61. The van der Waals surface area contributed by atoms with Gasteiger partial charge in [0.1, 0.15) is 11.9 Å². The van der Waals surface area contributed by atoms with Crippen LogP contribution in [0.25, 0.3) is 0 Å². The molecule has 3 aliphatic carbocycles. The summed E-state index contributed by atoms with van der Waals surface area (Å²) >= 11 is 0. The summed E-state index contributed by atoms with van der Waals surface area (Å²) in [6.45, 7) is 5.94. The third kappa shape index (κ3) is 1.65. The molecule has 4 fully saturated rings. The first-order valence-electron chi connectivity index (χ1n) is 10.0. The van der Waals surface area contributed by atoms with E-state index in [0.29, 0.717) is 24.4 Å². The molecule has 4 heteroatoms. The van der Waals surface area contributed by atoms with Gasteiger partial charge in [-0.2, -0.15) is 0 Å². The maximum absolute atomic E-state index is 10.1. The Labute approximate surface area is 149 Å². The van der Waals surface area contributed by atoms with Crippen LogP contribution in [0.1, 0.15) is 46.0 Å². The molecule has 0 aromatic heterocycles. The summed E-state index contributed by atoms with van der Waals surface area (Å²) in [5.74, 6) is 2.17. The van der Waals surface area contributed by atoms with Gasteiger partial charge in [0.2, 0.25) is 0 Å². The molecular weight excluding hydrogens is 316 g/mol. The second kappa shape index (κ2) is 4.52. The van der Waals surface area contributed by atoms with Crippen LogP contribution in [0.4, 0.5) is 0 Å². The van der Waals surface area contributed by atoms with Gasteiger partial charge in [-0.3, -0.25) is 0 Å². The van der Waals surface area contributed by atoms with Crippen LogP contribution in [0.3, 0.4) is 0 Å². The Balaban J connectivity index is 1.48. The van der Waals surface area contributed by atoms with Crippen molar-refractivity contribution in [1.29, 1.82) is 0 Å². The second-order valence-electron chi connectivity index (χ2n) is 9.68. The lowest BCUT2D eigenvalue weighted by molar-refractivity contribution is -0.181. The lowest BCUT2D eigenvalue weighted by atomic mass is 9.51. The zero-order chi connectivity index (χ0) is 17.0. The molecule has 3 heterocycles. The van der Waals surface area contributed by atoms with Crippen molar-refractivity contribution in [2.24, 2.45) is 28.6 Å². The highest BCUT2D eigenvalue weighted by atomic mass is 16.7. The zero-order valence-electron chi connectivity index (χ0n) is 15.2. The van der Waals surface area contributed by atoms with Gasteiger partial charge in [0.25, 0.3) is 0 Å². The predicted octanol–water partition coefficient (Wildman–Crippen LogP) is 3.17. The smallest absolute Gasteiger partial charge is 0.173 e. The zero-order valence-corrected chi connectivity index (χ0v) is 15.2. The third-order valence-corrected chi connectivity index (χ3v) is 8.61. The summed E-state index contributed by atoms with van der Waals surface area (Å²) in [6, 6.07) is 0. The van der Waals surface area contributed by atoms with E-state index < -0.39 is 5.79 Å². The van der Waals surface area contributed by atoms with E-state index in [0.717, 1.165) is 32.3 Å². The number of hydrogen-bond acceptors (Lipinski definition) is 4. The molecule has 1 spiro atoms. The molecule has 0 aromatic carbocycles. The van der Waals surface area contributed by atoms with Crippen molar-refractivity contribution in [2.75, 3.05) is 13.2 Å². The van der Waals surface area contributed by atoms with Crippen molar-refractivity contribution in [1.82, 2.24) is 0 Å². The van der Waals surface area contributed by atoms with Crippen molar-refractivity contribution in [3.63, 3.8) is 0 Å². The fourth-order valence-electron chi connectivity index (χ4n) is 7.28. The van der Waals surface area contributed by atoms with E-state index >= 15 is 0 Å². The Morgan fingerprint density at radius 2 is 2.04 bits per heavy atom. The van der Waals surface area contributed by atoms with Gasteiger partial charge < -0.3 is 19.3 Å². The van der Waals surface area contributed by atoms with Gasteiger partial charge in [-0.05, 0) is 61.9 Å². The van der Waals surface area contributed by atoms with E-state index in [9.17, 15) is 5.11 Å². The maximum atomic E-state index is 10.1. The van der Waals surface area contributed by atoms with E-state index in [1.807, 2.05) is 0 Å². The maximum Gasteiger partial charge on any atom is 0.173 e. The Bertz CT molecular complexity index is 698. The SMILES string of the molecule is C[C@@]12OC[C@H]3OC4=C5C=C[C@@H]6C[C@@H](O)CC[C@]6(C)[C@H]5CC[C@]4(CO1)[C@H]32. The highest BCUT2D eigenvalue weighted by molar-refractivity contribution is 5.41.